The van der Waals surface area contributed by atoms with Crippen molar-refractivity contribution in [2.45, 2.75) is 50.7 Å². The van der Waals surface area contributed by atoms with Crippen LogP contribution in [0, 0.1) is 11.8 Å². The van der Waals surface area contributed by atoms with E-state index in [0.29, 0.717) is 11.8 Å². The molecule has 3 unspecified atom stereocenters. The Morgan fingerprint density at radius 2 is 1.65 bits per heavy atom. The number of carboxylic acids is 1. The van der Waals surface area contributed by atoms with Gasteiger partial charge in [0.2, 0.25) is 5.91 Å². The minimum Gasteiger partial charge on any atom is -0.475 e. The molecule has 0 aromatic heterocycles. The van der Waals surface area contributed by atoms with Crippen LogP contribution >= 0.6 is 0 Å². The van der Waals surface area contributed by atoms with Gasteiger partial charge < -0.3 is 20.6 Å². The topological polar surface area (TPSA) is 86.9 Å². The minimum absolute atomic E-state index is 0.116. The zero-order valence-corrected chi connectivity index (χ0v) is 14.9. The van der Waals surface area contributed by atoms with Crippen molar-refractivity contribution in [3.63, 3.8) is 0 Å². The van der Waals surface area contributed by atoms with Crippen molar-refractivity contribution in [3.8, 4) is 0 Å². The van der Waals surface area contributed by atoms with Crippen molar-refractivity contribution >= 4 is 11.9 Å². The second-order valence-corrected chi connectivity index (χ2v) is 7.45. The highest BCUT2D eigenvalue weighted by molar-refractivity contribution is 5.80. The molecular weight excluding hydrogens is 351 g/mol. The first kappa shape index (κ1) is 21.0. The number of likely N-dealkylation sites (tertiary alicyclic amines) is 2. The lowest BCUT2D eigenvalue weighted by molar-refractivity contribution is -0.192. The van der Waals surface area contributed by atoms with Gasteiger partial charge in [-0.15, -0.1) is 0 Å². The summed E-state index contributed by atoms with van der Waals surface area (Å²) in [5.41, 5.74) is 6.06. The summed E-state index contributed by atoms with van der Waals surface area (Å²) in [5, 5.41) is 7.12. The summed E-state index contributed by atoms with van der Waals surface area (Å²) >= 11 is 0. The first-order valence-corrected chi connectivity index (χ1v) is 9.25. The van der Waals surface area contributed by atoms with Crippen LogP contribution in [0.2, 0.25) is 0 Å². The molecule has 0 bridgehead atoms. The number of carbonyl (C=O) groups excluding carboxylic acids is 1. The third-order valence-corrected chi connectivity index (χ3v) is 5.44. The molecule has 0 radical (unpaired) electrons. The number of alkyl halides is 3. The van der Waals surface area contributed by atoms with Crippen LogP contribution in [-0.4, -0.2) is 71.7 Å². The molecule has 2 heterocycles. The van der Waals surface area contributed by atoms with E-state index in [1.54, 1.807) is 0 Å². The molecule has 150 valence electrons. The summed E-state index contributed by atoms with van der Waals surface area (Å²) < 4.78 is 31.7. The fourth-order valence-electron chi connectivity index (χ4n) is 4.04. The molecule has 3 atom stereocenters. The van der Waals surface area contributed by atoms with E-state index in [-0.39, 0.29) is 12.0 Å². The molecule has 0 aromatic rings. The van der Waals surface area contributed by atoms with Crippen molar-refractivity contribution < 1.29 is 27.9 Å². The van der Waals surface area contributed by atoms with Gasteiger partial charge in [0.1, 0.15) is 0 Å². The van der Waals surface area contributed by atoms with Gasteiger partial charge in [-0.3, -0.25) is 4.79 Å². The van der Waals surface area contributed by atoms with E-state index < -0.39 is 12.1 Å². The Balaban J connectivity index is 0.000000298. The first-order chi connectivity index (χ1) is 12.2. The van der Waals surface area contributed by atoms with Crippen LogP contribution in [0.5, 0.6) is 0 Å². The fraction of sp³-hybridized carbons (Fsp3) is 0.882. The summed E-state index contributed by atoms with van der Waals surface area (Å²) in [5.74, 6) is -1.60. The molecule has 0 spiro atoms. The zero-order chi connectivity index (χ0) is 19.3. The molecule has 6 nitrogen and oxygen atoms in total. The van der Waals surface area contributed by atoms with Crippen LogP contribution in [0.1, 0.15) is 38.5 Å². The van der Waals surface area contributed by atoms with E-state index in [2.05, 4.69) is 9.80 Å². The number of carboxylic acid groups (broad SMARTS) is 1. The van der Waals surface area contributed by atoms with Gasteiger partial charge in [-0.2, -0.15) is 13.2 Å². The second-order valence-electron chi connectivity index (χ2n) is 7.45. The van der Waals surface area contributed by atoms with Gasteiger partial charge in [0.15, 0.2) is 0 Å². The van der Waals surface area contributed by atoms with Gasteiger partial charge in [-0.1, -0.05) is 6.42 Å². The largest absolute Gasteiger partial charge is 0.490 e. The predicted molar refractivity (Wildman–Crippen MR) is 89.4 cm³/mol. The van der Waals surface area contributed by atoms with Gasteiger partial charge >= 0.3 is 12.1 Å². The van der Waals surface area contributed by atoms with E-state index in [4.69, 9.17) is 15.6 Å². The van der Waals surface area contributed by atoms with Crippen LogP contribution < -0.4 is 5.73 Å². The predicted octanol–water partition coefficient (Wildman–Crippen LogP) is 1.69. The average molecular weight is 379 g/mol. The molecule has 3 rings (SSSR count). The van der Waals surface area contributed by atoms with E-state index in [0.717, 1.165) is 32.4 Å². The molecular formula is C17H28F3N3O3. The maximum Gasteiger partial charge on any atom is 0.490 e. The van der Waals surface area contributed by atoms with Crippen LogP contribution in [0.25, 0.3) is 0 Å². The van der Waals surface area contributed by atoms with Gasteiger partial charge in [0.05, 0.1) is 5.92 Å². The number of nitrogens with zero attached hydrogens (tertiary/aromatic N) is 2. The molecule has 3 fully saturated rings. The van der Waals surface area contributed by atoms with Crippen LogP contribution in [0.3, 0.4) is 0 Å². The lowest BCUT2D eigenvalue weighted by atomic mass is 10.0. The highest BCUT2D eigenvalue weighted by Crippen LogP contribution is 2.28. The lowest BCUT2D eigenvalue weighted by Crippen LogP contribution is -2.41. The molecule has 1 aliphatic carbocycles. The molecule has 3 aliphatic rings. The van der Waals surface area contributed by atoms with Gasteiger partial charge in [-0.25, -0.2) is 4.79 Å². The second kappa shape index (κ2) is 9.03. The molecule has 9 heteroatoms. The molecule has 2 saturated heterocycles. The standard InChI is InChI=1S/C15H27N3O.C2HF3O2/c16-14-5-3-4-13(14)15(19)18-9-6-12(11-18)10-17-7-1-2-8-17;3-2(4,5)1(6)7/h12-14H,1-11,16H2;(H,6,7). The molecule has 2 aliphatic heterocycles. The SMILES string of the molecule is NC1CCCC1C(=O)N1CCC(CN2CCCC2)C1.O=C(O)C(F)(F)F. The lowest BCUT2D eigenvalue weighted by Gasteiger charge is -2.24. The highest BCUT2D eigenvalue weighted by Gasteiger charge is 2.38. The number of carbonyl (C=O) groups is 2. The Labute approximate surface area is 151 Å². The van der Waals surface area contributed by atoms with E-state index in [9.17, 15) is 18.0 Å². The number of hydrogen-bond acceptors (Lipinski definition) is 4. The van der Waals surface area contributed by atoms with Crippen LogP contribution in [0.15, 0.2) is 0 Å². The number of rotatable bonds is 3. The Hall–Kier alpha value is -1.35. The smallest absolute Gasteiger partial charge is 0.475 e. The monoisotopic (exact) mass is 379 g/mol. The van der Waals surface area contributed by atoms with Crippen LogP contribution in [0.4, 0.5) is 13.2 Å². The zero-order valence-electron chi connectivity index (χ0n) is 14.9. The Morgan fingerprint density at radius 1 is 1.04 bits per heavy atom. The number of halogens is 3. The van der Waals surface area contributed by atoms with Crippen molar-refractivity contribution in [1.82, 2.24) is 9.80 Å². The molecule has 1 amide bonds. The van der Waals surface area contributed by atoms with Gasteiger partial charge in [-0.05, 0) is 51.1 Å². The molecule has 3 N–H and O–H groups in total. The third-order valence-electron chi connectivity index (χ3n) is 5.44. The van der Waals surface area contributed by atoms with Crippen LogP contribution in [-0.2, 0) is 9.59 Å². The highest BCUT2D eigenvalue weighted by atomic mass is 19.4. The molecule has 0 aromatic carbocycles. The van der Waals surface area contributed by atoms with E-state index >= 15 is 0 Å². The summed E-state index contributed by atoms with van der Waals surface area (Å²) in [6, 6.07) is 0.116. The Kier molecular flexibility index (Phi) is 7.28. The normalized spacial score (nSPS) is 29.5. The Bertz CT molecular complexity index is 495. The minimum atomic E-state index is -5.08. The fourth-order valence-corrected chi connectivity index (χ4v) is 4.04. The van der Waals surface area contributed by atoms with Crippen molar-refractivity contribution in [2.75, 3.05) is 32.7 Å². The maximum absolute atomic E-state index is 12.5. The summed E-state index contributed by atoms with van der Waals surface area (Å²) in [4.78, 5) is 26.0. The summed E-state index contributed by atoms with van der Waals surface area (Å²) in [6.07, 6.45) is 1.97. The van der Waals surface area contributed by atoms with Gasteiger partial charge in [0, 0.05) is 25.7 Å². The number of hydrogen-bond donors (Lipinski definition) is 2. The number of amides is 1. The molecule has 1 saturated carbocycles. The average Bonchev–Trinajstić information content (AvgIpc) is 3.29. The number of aliphatic carboxylic acids is 1. The maximum atomic E-state index is 12.5. The summed E-state index contributed by atoms with van der Waals surface area (Å²) in [6.45, 7) is 5.65. The van der Waals surface area contributed by atoms with Crippen molar-refractivity contribution in [1.29, 1.82) is 0 Å². The Morgan fingerprint density at radius 3 is 2.15 bits per heavy atom. The van der Waals surface area contributed by atoms with Crippen molar-refractivity contribution in [2.24, 2.45) is 17.6 Å². The molecule has 26 heavy (non-hydrogen) atoms. The van der Waals surface area contributed by atoms with Crippen molar-refractivity contribution in [3.05, 3.63) is 0 Å². The van der Waals surface area contributed by atoms with Gasteiger partial charge in [0.25, 0.3) is 0 Å². The third kappa shape index (κ3) is 5.84. The van der Waals surface area contributed by atoms with E-state index in [1.165, 1.54) is 38.9 Å². The summed E-state index contributed by atoms with van der Waals surface area (Å²) in [7, 11) is 0. The number of nitrogens with two attached hydrogens (primary N) is 1. The van der Waals surface area contributed by atoms with E-state index in [1.807, 2.05) is 0 Å². The quantitative estimate of drug-likeness (QED) is 0.779. The first-order valence-electron chi connectivity index (χ1n) is 9.25.